The summed E-state index contributed by atoms with van der Waals surface area (Å²) in [5.74, 6) is 0.0815. The molecular weight excluding hydrogens is 181 g/mol. The van der Waals surface area contributed by atoms with Crippen LogP contribution in [0.3, 0.4) is 0 Å². The van der Waals surface area contributed by atoms with Gasteiger partial charge in [0.1, 0.15) is 11.9 Å². The molecule has 3 heteroatoms. The van der Waals surface area contributed by atoms with Crippen LogP contribution < -0.4 is 5.73 Å². The molecule has 1 rings (SSSR count). The number of nitrogens with two attached hydrogens (primary N) is 1. The number of phenols is 1. The van der Waals surface area contributed by atoms with E-state index in [1.54, 1.807) is 26.0 Å². The van der Waals surface area contributed by atoms with Crippen molar-refractivity contribution in [2.24, 2.45) is 11.1 Å². The zero-order valence-electron chi connectivity index (χ0n) is 8.50. The lowest BCUT2D eigenvalue weighted by Crippen LogP contribution is -2.28. The predicted octanol–water partition coefficient (Wildman–Crippen LogP) is 2.39. The first-order valence-corrected chi connectivity index (χ1v) is 4.60. The van der Waals surface area contributed by atoms with Gasteiger partial charge in [-0.3, -0.25) is 0 Å². The molecule has 14 heavy (non-hydrogen) atoms. The van der Waals surface area contributed by atoms with Gasteiger partial charge in [-0.2, -0.15) is 0 Å². The highest BCUT2D eigenvalue weighted by Crippen LogP contribution is 2.36. The average molecular weight is 197 g/mol. The van der Waals surface area contributed by atoms with E-state index in [1.165, 1.54) is 12.1 Å². The minimum atomic E-state index is -1.15. The van der Waals surface area contributed by atoms with Gasteiger partial charge in [0.15, 0.2) is 0 Å². The van der Waals surface area contributed by atoms with Gasteiger partial charge in [-0.1, -0.05) is 26.0 Å². The normalized spacial score (nSPS) is 14.0. The Kier molecular flexibility index (Phi) is 3.11. The van der Waals surface area contributed by atoms with Crippen molar-refractivity contribution in [3.8, 4) is 5.75 Å². The third-order valence-corrected chi connectivity index (χ3v) is 2.38. The minimum absolute atomic E-state index is 0.0815. The maximum atomic E-state index is 13.9. The molecule has 0 bridgehead atoms. The van der Waals surface area contributed by atoms with E-state index < -0.39 is 11.6 Å². The monoisotopic (exact) mass is 197 g/mol. The molecule has 1 aromatic rings. The second-order valence-corrected chi connectivity index (χ2v) is 4.15. The van der Waals surface area contributed by atoms with Crippen molar-refractivity contribution in [3.63, 3.8) is 0 Å². The van der Waals surface area contributed by atoms with Gasteiger partial charge in [0.2, 0.25) is 0 Å². The van der Waals surface area contributed by atoms with Crippen molar-refractivity contribution in [1.82, 2.24) is 0 Å². The number of aromatic hydroxyl groups is 1. The highest BCUT2D eigenvalue weighted by atomic mass is 19.1. The number of alkyl halides is 1. The third kappa shape index (κ3) is 2.23. The number of phenolic OH excluding ortho intramolecular Hbond substituents is 1. The molecule has 1 atom stereocenters. The van der Waals surface area contributed by atoms with E-state index in [9.17, 15) is 9.50 Å². The Balaban J connectivity index is 2.94. The quantitative estimate of drug-likeness (QED) is 0.781. The summed E-state index contributed by atoms with van der Waals surface area (Å²) in [6, 6.07) is 6.24. The van der Waals surface area contributed by atoms with Gasteiger partial charge < -0.3 is 10.8 Å². The van der Waals surface area contributed by atoms with Crippen molar-refractivity contribution < 1.29 is 9.50 Å². The van der Waals surface area contributed by atoms with Crippen LogP contribution in [0.4, 0.5) is 4.39 Å². The highest BCUT2D eigenvalue weighted by Gasteiger charge is 2.29. The van der Waals surface area contributed by atoms with Crippen molar-refractivity contribution in [3.05, 3.63) is 29.8 Å². The Morgan fingerprint density at radius 1 is 1.50 bits per heavy atom. The van der Waals surface area contributed by atoms with E-state index >= 15 is 0 Å². The number of hydrogen-bond acceptors (Lipinski definition) is 2. The fourth-order valence-electron chi connectivity index (χ4n) is 1.24. The lowest BCUT2D eigenvalue weighted by atomic mass is 9.84. The fourth-order valence-corrected chi connectivity index (χ4v) is 1.24. The number of hydrogen-bond donors (Lipinski definition) is 2. The molecule has 0 spiro atoms. The maximum absolute atomic E-state index is 13.9. The Bertz CT molecular complexity index is 312. The van der Waals surface area contributed by atoms with E-state index in [1.807, 2.05) is 0 Å². The third-order valence-electron chi connectivity index (χ3n) is 2.38. The summed E-state index contributed by atoms with van der Waals surface area (Å²) in [5, 5.41) is 9.20. The lowest BCUT2D eigenvalue weighted by molar-refractivity contribution is 0.152. The summed E-state index contributed by atoms with van der Waals surface area (Å²) >= 11 is 0. The Labute approximate surface area is 83.6 Å². The molecule has 0 aliphatic rings. The van der Waals surface area contributed by atoms with Crippen LogP contribution in [0.2, 0.25) is 0 Å². The fraction of sp³-hybridized carbons (Fsp3) is 0.455. The zero-order chi connectivity index (χ0) is 10.8. The molecule has 0 heterocycles. The molecule has 0 aliphatic carbocycles. The van der Waals surface area contributed by atoms with E-state index in [0.29, 0.717) is 5.56 Å². The SMILES string of the molecule is CC(C)(CN)C(F)c1cccc(O)c1. The van der Waals surface area contributed by atoms with E-state index in [0.717, 1.165) is 0 Å². The first kappa shape index (κ1) is 11.0. The van der Waals surface area contributed by atoms with Crippen LogP contribution in [0.25, 0.3) is 0 Å². The maximum Gasteiger partial charge on any atom is 0.132 e. The molecule has 0 aliphatic heterocycles. The van der Waals surface area contributed by atoms with Crippen molar-refractivity contribution >= 4 is 0 Å². The van der Waals surface area contributed by atoms with Crippen molar-refractivity contribution in [2.45, 2.75) is 20.0 Å². The molecule has 78 valence electrons. The minimum Gasteiger partial charge on any atom is -0.508 e. The van der Waals surface area contributed by atoms with Crippen LogP contribution in [-0.4, -0.2) is 11.7 Å². The summed E-state index contributed by atoms with van der Waals surface area (Å²) in [7, 11) is 0. The van der Waals surface area contributed by atoms with Gasteiger partial charge in [-0.25, -0.2) is 4.39 Å². The first-order valence-electron chi connectivity index (χ1n) is 4.60. The molecular formula is C11H16FNO. The molecule has 0 amide bonds. The number of halogens is 1. The Morgan fingerprint density at radius 3 is 2.64 bits per heavy atom. The Hall–Kier alpha value is -1.09. The van der Waals surface area contributed by atoms with Gasteiger partial charge >= 0.3 is 0 Å². The summed E-state index contributed by atoms with van der Waals surface area (Å²) in [6.45, 7) is 3.80. The molecule has 0 aromatic heterocycles. The summed E-state index contributed by atoms with van der Waals surface area (Å²) in [5.41, 5.74) is 5.35. The van der Waals surface area contributed by atoms with Crippen LogP contribution in [0.1, 0.15) is 25.6 Å². The molecule has 0 fully saturated rings. The van der Waals surface area contributed by atoms with E-state index in [2.05, 4.69) is 0 Å². The summed E-state index contributed by atoms with van der Waals surface area (Å²) in [6.07, 6.45) is -1.15. The Morgan fingerprint density at radius 2 is 2.14 bits per heavy atom. The number of rotatable bonds is 3. The topological polar surface area (TPSA) is 46.2 Å². The number of benzene rings is 1. The van der Waals surface area contributed by atoms with Crippen molar-refractivity contribution in [1.29, 1.82) is 0 Å². The highest BCUT2D eigenvalue weighted by molar-refractivity contribution is 5.29. The molecule has 3 N–H and O–H groups in total. The second kappa shape index (κ2) is 3.96. The smallest absolute Gasteiger partial charge is 0.132 e. The van der Waals surface area contributed by atoms with Gasteiger partial charge in [-0.05, 0) is 17.7 Å². The van der Waals surface area contributed by atoms with Crippen LogP contribution in [-0.2, 0) is 0 Å². The molecule has 0 saturated carbocycles. The molecule has 1 unspecified atom stereocenters. The zero-order valence-corrected chi connectivity index (χ0v) is 8.50. The van der Waals surface area contributed by atoms with Crippen LogP contribution in [0.5, 0.6) is 5.75 Å². The van der Waals surface area contributed by atoms with E-state index in [-0.39, 0.29) is 12.3 Å². The summed E-state index contributed by atoms with van der Waals surface area (Å²) < 4.78 is 13.9. The van der Waals surface area contributed by atoms with Gasteiger partial charge in [0, 0.05) is 12.0 Å². The van der Waals surface area contributed by atoms with Gasteiger partial charge in [0.25, 0.3) is 0 Å². The second-order valence-electron chi connectivity index (χ2n) is 4.15. The van der Waals surface area contributed by atoms with Crippen LogP contribution >= 0.6 is 0 Å². The van der Waals surface area contributed by atoms with Gasteiger partial charge in [0.05, 0.1) is 0 Å². The van der Waals surface area contributed by atoms with Crippen LogP contribution in [0, 0.1) is 5.41 Å². The summed E-state index contributed by atoms with van der Waals surface area (Å²) in [4.78, 5) is 0. The molecule has 2 nitrogen and oxygen atoms in total. The van der Waals surface area contributed by atoms with Crippen LogP contribution in [0.15, 0.2) is 24.3 Å². The molecule has 1 aromatic carbocycles. The standard InChI is InChI=1S/C11H16FNO/c1-11(2,7-13)10(12)8-4-3-5-9(14)6-8/h3-6,10,14H,7,13H2,1-2H3. The largest absolute Gasteiger partial charge is 0.508 e. The lowest BCUT2D eigenvalue weighted by Gasteiger charge is -2.27. The van der Waals surface area contributed by atoms with Crippen molar-refractivity contribution in [2.75, 3.05) is 6.54 Å². The predicted molar refractivity (Wildman–Crippen MR) is 54.8 cm³/mol. The first-order chi connectivity index (χ1) is 6.47. The van der Waals surface area contributed by atoms with E-state index in [4.69, 9.17) is 5.73 Å². The molecule has 0 saturated heterocycles. The molecule has 0 radical (unpaired) electrons. The van der Waals surface area contributed by atoms with Gasteiger partial charge in [-0.15, -0.1) is 0 Å². The average Bonchev–Trinajstić information content (AvgIpc) is 2.16.